The van der Waals surface area contributed by atoms with E-state index in [1.54, 1.807) is 24.5 Å². The van der Waals surface area contributed by atoms with Crippen molar-refractivity contribution < 1.29 is 14.3 Å². The number of benzene rings is 4. The largest absolute Gasteiger partial charge is 0.497 e. The predicted octanol–water partition coefficient (Wildman–Crippen LogP) is 6.37. The first-order valence-corrected chi connectivity index (χ1v) is 13.6. The highest BCUT2D eigenvalue weighted by molar-refractivity contribution is 6.17. The third kappa shape index (κ3) is 4.19. The summed E-state index contributed by atoms with van der Waals surface area (Å²) in [7, 11) is 1.62. The molecule has 2 aliphatic rings. The Kier molecular flexibility index (Phi) is 6.67. The van der Waals surface area contributed by atoms with Crippen molar-refractivity contribution in [2.75, 3.05) is 30.8 Å². The van der Waals surface area contributed by atoms with E-state index in [-0.39, 0.29) is 5.91 Å². The van der Waals surface area contributed by atoms with Crippen molar-refractivity contribution >= 4 is 35.4 Å². The van der Waals surface area contributed by atoms with E-state index in [4.69, 9.17) is 20.3 Å². The van der Waals surface area contributed by atoms with Gasteiger partial charge in [0.2, 0.25) is 0 Å². The number of nitrogens with zero attached hydrogens (tertiary/aromatic N) is 4. The van der Waals surface area contributed by atoms with Crippen LogP contribution in [0.2, 0.25) is 0 Å². The van der Waals surface area contributed by atoms with Crippen LogP contribution in [0.15, 0.2) is 95.0 Å². The molecule has 8 nitrogen and oxygen atoms in total. The molecule has 1 spiro atoms. The lowest BCUT2D eigenvalue weighted by atomic mass is 9.75. The molecular formula is C33H31N5O3. The minimum absolute atomic E-state index is 0.210. The van der Waals surface area contributed by atoms with E-state index < -0.39 is 5.54 Å². The molecule has 0 saturated heterocycles. The molecular weight excluding hydrogens is 514 g/mol. The van der Waals surface area contributed by atoms with E-state index in [2.05, 4.69) is 29.8 Å². The fourth-order valence-corrected chi connectivity index (χ4v) is 5.77. The Bertz CT molecular complexity index is 1680. The molecule has 0 saturated carbocycles. The van der Waals surface area contributed by atoms with Crippen molar-refractivity contribution in [3.8, 4) is 17.2 Å². The minimum Gasteiger partial charge on any atom is -0.497 e. The van der Waals surface area contributed by atoms with Gasteiger partial charge in [-0.3, -0.25) is 9.79 Å². The van der Waals surface area contributed by atoms with Crippen LogP contribution >= 0.6 is 0 Å². The summed E-state index contributed by atoms with van der Waals surface area (Å²) in [6.07, 6.45) is 3.13. The number of hydrogen-bond donors (Lipinski definition) is 1. The van der Waals surface area contributed by atoms with Gasteiger partial charge >= 0.3 is 0 Å². The second-order valence-corrected chi connectivity index (χ2v) is 9.82. The van der Waals surface area contributed by atoms with E-state index in [9.17, 15) is 4.79 Å². The Morgan fingerprint density at radius 1 is 0.902 bits per heavy atom. The molecule has 206 valence electrons. The van der Waals surface area contributed by atoms with Crippen molar-refractivity contribution in [2.45, 2.75) is 19.4 Å². The average Bonchev–Trinajstić information content (AvgIpc) is 3.24. The van der Waals surface area contributed by atoms with Gasteiger partial charge in [-0.05, 0) is 56.3 Å². The zero-order chi connectivity index (χ0) is 28.6. The second kappa shape index (κ2) is 10.5. The summed E-state index contributed by atoms with van der Waals surface area (Å²) in [6.45, 7) is 5.96. The quantitative estimate of drug-likeness (QED) is 0.215. The predicted molar refractivity (Wildman–Crippen MR) is 163 cm³/mol. The SMILES string of the molecule is CCN(CC)c1ccc2c(c1)Oc1cc(N)ccc1C21c2ccccc2C(=O)N1N=CC=Nc1ccc(OC)cc1. The number of carbonyl (C=O) groups excluding carboxylic acids is 1. The fourth-order valence-electron chi connectivity index (χ4n) is 5.77. The van der Waals surface area contributed by atoms with Gasteiger partial charge < -0.3 is 20.1 Å². The van der Waals surface area contributed by atoms with E-state index in [0.29, 0.717) is 22.7 Å². The van der Waals surface area contributed by atoms with Crippen LogP contribution in [0.25, 0.3) is 0 Å². The van der Waals surface area contributed by atoms with Gasteiger partial charge in [0, 0.05) is 65.1 Å². The van der Waals surface area contributed by atoms with Crippen LogP contribution in [0.4, 0.5) is 17.1 Å². The van der Waals surface area contributed by atoms with Crippen LogP contribution in [-0.2, 0) is 5.54 Å². The average molecular weight is 546 g/mol. The molecule has 8 heteroatoms. The Morgan fingerprint density at radius 2 is 1.61 bits per heavy atom. The van der Waals surface area contributed by atoms with Crippen molar-refractivity contribution in [1.29, 1.82) is 0 Å². The maximum absolute atomic E-state index is 14.0. The summed E-state index contributed by atoms with van der Waals surface area (Å²) < 4.78 is 11.7. The van der Waals surface area contributed by atoms with Gasteiger partial charge in [0.1, 0.15) is 22.8 Å². The summed E-state index contributed by atoms with van der Waals surface area (Å²) in [5.41, 5.74) is 10.5. The number of ether oxygens (including phenoxy) is 2. The van der Waals surface area contributed by atoms with Crippen LogP contribution < -0.4 is 20.1 Å². The molecule has 0 bridgehead atoms. The third-order valence-electron chi connectivity index (χ3n) is 7.70. The van der Waals surface area contributed by atoms with Crippen LogP contribution in [0.3, 0.4) is 0 Å². The number of amides is 1. The number of hydrogen-bond acceptors (Lipinski definition) is 7. The van der Waals surface area contributed by atoms with Gasteiger partial charge in [0.15, 0.2) is 0 Å². The highest BCUT2D eigenvalue weighted by Gasteiger charge is 2.57. The van der Waals surface area contributed by atoms with Crippen LogP contribution in [0, 0.1) is 0 Å². The molecule has 0 radical (unpaired) electrons. The van der Waals surface area contributed by atoms with Crippen molar-refractivity contribution in [3.63, 3.8) is 0 Å². The van der Waals surface area contributed by atoms with Gasteiger partial charge in [-0.25, -0.2) is 5.01 Å². The molecule has 0 aliphatic carbocycles. The number of fused-ring (bicyclic) bond motifs is 6. The first-order chi connectivity index (χ1) is 20.0. The van der Waals surface area contributed by atoms with Crippen molar-refractivity contribution in [3.05, 3.63) is 107 Å². The molecule has 6 rings (SSSR count). The summed E-state index contributed by atoms with van der Waals surface area (Å²) in [5.74, 6) is 1.79. The molecule has 41 heavy (non-hydrogen) atoms. The number of nitrogens with two attached hydrogens (primary N) is 1. The number of rotatable bonds is 7. The Morgan fingerprint density at radius 3 is 2.34 bits per heavy atom. The minimum atomic E-state index is -1.06. The van der Waals surface area contributed by atoms with Crippen LogP contribution in [-0.4, -0.2) is 43.5 Å². The number of carbonyl (C=O) groups is 1. The first kappa shape index (κ1) is 26.1. The van der Waals surface area contributed by atoms with E-state index in [0.717, 1.165) is 46.9 Å². The molecule has 4 aromatic carbocycles. The summed E-state index contributed by atoms with van der Waals surface area (Å²) in [6, 6.07) is 26.8. The molecule has 2 heterocycles. The standard InChI is InChI=1S/C33H31N5O3/c1-4-37(5-2)24-13-17-29-31(21-24)41-30-20-22(34)10-16-28(30)33(29)27-9-7-6-8-26(27)32(39)38(33)36-19-18-35-23-11-14-25(40-3)15-12-23/h6-21H,4-5,34H2,1-3H3. The lowest BCUT2D eigenvalue weighted by Gasteiger charge is -2.42. The molecule has 1 unspecified atom stereocenters. The van der Waals surface area contributed by atoms with Crippen LogP contribution in [0.5, 0.6) is 17.2 Å². The number of nitrogen functional groups attached to an aromatic ring is 1. The topological polar surface area (TPSA) is 92.8 Å². The highest BCUT2D eigenvalue weighted by Crippen LogP contribution is 2.58. The normalized spacial score (nSPS) is 17.0. The maximum atomic E-state index is 14.0. The van der Waals surface area contributed by atoms with Gasteiger partial charge in [-0.15, -0.1) is 0 Å². The highest BCUT2D eigenvalue weighted by atomic mass is 16.5. The third-order valence-corrected chi connectivity index (χ3v) is 7.70. The Hall–Kier alpha value is -5.11. The molecule has 1 amide bonds. The molecule has 2 N–H and O–H groups in total. The zero-order valence-electron chi connectivity index (χ0n) is 23.2. The van der Waals surface area contributed by atoms with Crippen molar-refractivity contribution in [2.24, 2.45) is 10.1 Å². The lowest BCUT2D eigenvalue weighted by Crippen LogP contribution is -2.44. The van der Waals surface area contributed by atoms with E-state index in [1.165, 1.54) is 0 Å². The Labute approximate surface area is 239 Å². The van der Waals surface area contributed by atoms with Crippen molar-refractivity contribution in [1.82, 2.24) is 5.01 Å². The number of aliphatic imine (C=N–C) groups is 1. The first-order valence-electron chi connectivity index (χ1n) is 13.6. The van der Waals surface area contributed by atoms with Gasteiger partial charge in [0.25, 0.3) is 5.91 Å². The molecule has 2 aliphatic heterocycles. The van der Waals surface area contributed by atoms with E-state index in [1.807, 2.05) is 78.9 Å². The zero-order valence-corrected chi connectivity index (χ0v) is 23.2. The Balaban J connectivity index is 1.53. The molecule has 0 fully saturated rings. The summed E-state index contributed by atoms with van der Waals surface area (Å²) >= 11 is 0. The smallest absolute Gasteiger partial charge is 0.275 e. The van der Waals surface area contributed by atoms with Gasteiger partial charge in [-0.2, -0.15) is 5.10 Å². The van der Waals surface area contributed by atoms with Gasteiger partial charge in [-0.1, -0.05) is 30.3 Å². The molecule has 0 aromatic heterocycles. The van der Waals surface area contributed by atoms with E-state index >= 15 is 0 Å². The molecule has 4 aromatic rings. The lowest BCUT2D eigenvalue weighted by molar-refractivity contribution is 0.0675. The number of methoxy groups -OCH3 is 1. The number of hydrazone groups is 1. The summed E-state index contributed by atoms with van der Waals surface area (Å²) in [5, 5.41) is 6.29. The number of anilines is 2. The van der Waals surface area contributed by atoms with Gasteiger partial charge in [0.05, 0.1) is 19.0 Å². The molecule has 1 atom stereocenters. The fraction of sp³-hybridized carbons (Fsp3) is 0.182. The van der Waals surface area contributed by atoms with Crippen LogP contribution in [0.1, 0.15) is 40.9 Å². The summed E-state index contributed by atoms with van der Waals surface area (Å²) in [4.78, 5) is 20.8. The maximum Gasteiger partial charge on any atom is 0.275 e. The monoisotopic (exact) mass is 545 g/mol. The second-order valence-electron chi connectivity index (χ2n) is 9.82.